The molecule has 7 heteroatoms. The molecule has 0 aliphatic heterocycles. The van der Waals surface area contributed by atoms with Gasteiger partial charge in [-0.1, -0.05) is 25.1 Å². The van der Waals surface area contributed by atoms with Crippen LogP contribution in [0.25, 0.3) is 11.4 Å². The molecule has 2 rings (SSSR count). The third-order valence-electron chi connectivity index (χ3n) is 2.35. The molecule has 1 aromatic carbocycles. The van der Waals surface area contributed by atoms with Crippen LogP contribution in [0.15, 0.2) is 42.7 Å². The van der Waals surface area contributed by atoms with Crippen molar-refractivity contribution in [2.45, 2.75) is 13.3 Å². The van der Waals surface area contributed by atoms with Gasteiger partial charge >= 0.3 is 0 Å². The van der Waals surface area contributed by atoms with Crippen LogP contribution < -0.4 is 4.57 Å². The molecule has 0 saturated carbocycles. The lowest BCUT2D eigenvalue weighted by Crippen LogP contribution is -2.27. The fourth-order valence-electron chi connectivity index (χ4n) is 1.47. The molecule has 6 nitrogen and oxygen atoms in total. The zero-order chi connectivity index (χ0) is 15.0. The molecule has 0 amide bonds. The molecule has 1 heterocycles. The number of nitrogens with one attached hydrogen (secondary N) is 1. The lowest BCUT2D eigenvalue weighted by atomic mass is 10.2. The summed E-state index contributed by atoms with van der Waals surface area (Å²) in [5.41, 5.74) is 1.21. The number of rotatable bonds is 4. The fourth-order valence-corrected chi connectivity index (χ4v) is 1.84. The van der Waals surface area contributed by atoms with Gasteiger partial charge in [-0.2, -0.15) is 0 Å². The van der Waals surface area contributed by atoms with Crippen LogP contribution in [0.5, 0.6) is 0 Å². The van der Waals surface area contributed by atoms with Gasteiger partial charge in [0.05, 0.1) is 19.2 Å². The maximum absolute atomic E-state index is 9.61. The predicted molar refractivity (Wildman–Crippen MR) is 73.3 cm³/mol. The lowest BCUT2D eigenvalue weighted by molar-refractivity contribution is -0.658. The number of imidazole rings is 1. The Bertz CT molecular complexity index is 608. The maximum Gasteiger partial charge on any atom is 0.286 e. The first-order chi connectivity index (χ1) is 9.44. The molecule has 0 radical (unpaired) electrons. The van der Waals surface area contributed by atoms with Gasteiger partial charge in [0.2, 0.25) is 10.4 Å². The molecule has 1 aromatic heterocycles. The smallest absolute Gasteiger partial charge is 0.286 e. The summed E-state index contributed by atoms with van der Waals surface area (Å²) < 4.78 is 34.7. The van der Waals surface area contributed by atoms with E-state index in [1.165, 1.54) is 5.56 Å². The number of aryl methyl sites for hydroxylation is 1. The molecule has 2 aromatic rings. The highest BCUT2D eigenvalue weighted by atomic mass is 32.3. The summed E-state index contributed by atoms with van der Waals surface area (Å²) in [5, 5.41) is 0. The molecule has 0 atom stereocenters. The normalized spacial score (nSPS) is 10.8. The quantitative estimate of drug-likeness (QED) is 0.525. The van der Waals surface area contributed by atoms with E-state index in [9.17, 15) is 13.0 Å². The number of aromatic nitrogens is 2. The van der Waals surface area contributed by atoms with Gasteiger partial charge in [0, 0.05) is 0 Å². The van der Waals surface area contributed by atoms with E-state index in [4.69, 9.17) is 0 Å². The van der Waals surface area contributed by atoms with Crippen LogP contribution in [0.3, 0.4) is 0 Å². The Labute approximate surface area is 119 Å². The van der Waals surface area contributed by atoms with Crippen molar-refractivity contribution in [1.29, 1.82) is 0 Å². The molecule has 0 aliphatic carbocycles. The van der Waals surface area contributed by atoms with E-state index in [-0.39, 0.29) is 6.61 Å². The summed E-state index contributed by atoms with van der Waals surface area (Å²) in [7, 11) is -2.41. The standard InChI is InChI=1S/C10H10N2.C3H8O4S/c1-12-8-7-11-10(12)9-5-3-2-4-6-9;1-2-3-7-8(4,5)6/h2-8H,1H3;2-3H2,1H3,(H,4,5,6). The fraction of sp³-hybridized carbons (Fsp3) is 0.308. The van der Waals surface area contributed by atoms with E-state index in [0.29, 0.717) is 6.42 Å². The number of nitrogens with zero attached hydrogens (tertiary/aromatic N) is 1. The van der Waals surface area contributed by atoms with Crippen molar-refractivity contribution in [3.63, 3.8) is 0 Å². The molecule has 0 bridgehead atoms. The van der Waals surface area contributed by atoms with Crippen molar-refractivity contribution in [3.05, 3.63) is 42.7 Å². The van der Waals surface area contributed by atoms with Crippen LogP contribution in [0.4, 0.5) is 0 Å². The monoisotopic (exact) mass is 298 g/mol. The highest BCUT2D eigenvalue weighted by Crippen LogP contribution is 2.10. The van der Waals surface area contributed by atoms with E-state index in [0.717, 1.165) is 5.82 Å². The van der Waals surface area contributed by atoms with Crippen LogP contribution in [-0.4, -0.2) is 24.6 Å². The molecule has 20 heavy (non-hydrogen) atoms. The molecule has 0 saturated heterocycles. The average molecular weight is 298 g/mol. The van der Waals surface area contributed by atoms with Crippen molar-refractivity contribution >= 4 is 10.4 Å². The third-order valence-corrected chi connectivity index (χ3v) is 2.81. The third kappa shape index (κ3) is 5.96. The van der Waals surface area contributed by atoms with Crippen molar-refractivity contribution in [3.8, 4) is 11.4 Å². The summed E-state index contributed by atoms with van der Waals surface area (Å²) in [4.78, 5) is 3.18. The van der Waals surface area contributed by atoms with Crippen LogP contribution in [-0.2, 0) is 21.6 Å². The Morgan fingerprint density at radius 1 is 1.30 bits per heavy atom. The highest BCUT2D eigenvalue weighted by Gasteiger charge is 2.07. The van der Waals surface area contributed by atoms with Gasteiger partial charge in [0.1, 0.15) is 12.4 Å². The number of hydrogen-bond donors (Lipinski definition) is 1. The topological polar surface area (TPSA) is 86.1 Å². The van der Waals surface area contributed by atoms with E-state index in [1.54, 1.807) is 6.92 Å². The van der Waals surface area contributed by atoms with Crippen molar-refractivity contribution in [2.75, 3.05) is 6.61 Å². The van der Waals surface area contributed by atoms with Crippen LogP contribution in [0.2, 0.25) is 0 Å². The summed E-state index contributed by atoms with van der Waals surface area (Å²) in [5.74, 6) is 1.13. The van der Waals surface area contributed by atoms with Gasteiger partial charge in [-0.3, -0.25) is 4.18 Å². The van der Waals surface area contributed by atoms with Crippen molar-refractivity contribution < 1.29 is 21.7 Å². The summed E-state index contributed by atoms with van der Waals surface area (Å²) >= 11 is 0. The highest BCUT2D eigenvalue weighted by molar-refractivity contribution is 7.80. The van der Waals surface area contributed by atoms with Gasteiger partial charge in [-0.15, -0.1) is 0 Å². The van der Waals surface area contributed by atoms with Gasteiger partial charge in [0.15, 0.2) is 0 Å². The molecule has 1 N–H and O–H groups in total. The molecule has 110 valence electrons. The molecular formula is C13H18N2O4S. The first-order valence-corrected chi connectivity index (χ1v) is 7.46. The van der Waals surface area contributed by atoms with Gasteiger partial charge in [0.25, 0.3) is 5.82 Å². The second-order valence-electron chi connectivity index (χ2n) is 4.02. The second-order valence-corrected chi connectivity index (χ2v) is 5.07. The molecule has 0 unspecified atom stereocenters. The van der Waals surface area contributed by atoms with Gasteiger partial charge in [-0.05, 0) is 18.6 Å². The number of benzene rings is 1. The number of aromatic amines is 1. The number of hydrogen-bond acceptors (Lipinski definition) is 4. The molecule has 0 aliphatic rings. The molecule has 0 fully saturated rings. The van der Waals surface area contributed by atoms with Crippen molar-refractivity contribution in [2.24, 2.45) is 7.05 Å². The van der Waals surface area contributed by atoms with E-state index < -0.39 is 10.4 Å². The minimum atomic E-state index is -4.44. The Kier molecular flexibility index (Phi) is 6.37. The average Bonchev–Trinajstić information content (AvgIpc) is 2.84. The minimum absolute atomic E-state index is 0.0220. The molecule has 0 spiro atoms. The Morgan fingerprint density at radius 3 is 2.35 bits per heavy atom. The first kappa shape index (κ1) is 16.4. The van der Waals surface area contributed by atoms with Crippen molar-refractivity contribution in [1.82, 2.24) is 4.98 Å². The lowest BCUT2D eigenvalue weighted by Gasteiger charge is -2.04. The van der Waals surface area contributed by atoms with E-state index in [2.05, 4.69) is 25.9 Å². The van der Waals surface area contributed by atoms with Gasteiger partial charge in [-0.25, -0.2) is 18.0 Å². The maximum atomic E-state index is 9.61. The summed E-state index contributed by atoms with van der Waals surface area (Å²) in [6, 6.07) is 10.3. The SMILES string of the molecule is CCCOS(=O)(=O)[O-].C[n+]1cc[nH]c1-c1ccccc1. The zero-order valence-electron chi connectivity index (χ0n) is 11.4. The van der Waals surface area contributed by atoms with E-state index in [1.807, 2.05) is 37.6 Å². The van der Waals surface area contributed by atoms with Crippen LogP contribution in [0, 0.1) is 0 Å². The minimum Gasteiger partial charge on any atom is -0.726 e. The molecular weight excluding hydrogens is 280 g/mol. The predicted octanol–water partition coefficient (Wildman–Crippen LogP) is 1.38. The Hall–Kier alpha value is -1.70. The number of H-pyrrole nitrogens is 1. The summed E-state index contributed by atoms with van der Waals surface area (Å²) in [6.45, 7) is 1.69. The van der Waals surface area contributed by atoms with Crippen LogP contribution >= 0.6 is 0 Å². The zero-order valence-corrected chi connectivity index (χ0v) is 12.3. The van der Waals surface area contributed by atoms with Crippen LogP contribution in [0.1, 0.15) is 13.3 Å². The Balaban J connectivity index is 0.000000221. The Morgan fingerprint density at radius 2 is 1.95 bits per heavy atom. The summed E-state index contributed by atoms with van der Waals surface area (Å²) in [6.07, 6.45) is 4.46. The first-order valence-electron chi connectivity index (χ1n) is 6.12. The largest absolute Gasteiger partial charge is 0.726 e. The van der Waals surface area contributed by atoms with Gasteiger partial charge < -0.3 is 4.55 Å². The second kappa shape index (κ2) is 7.78. The van der Waals surface area contributed by atoms with E-state index >= 15 is 0 Å².